The summed E-state index contributed by atoms with van der Waals surface area (Å²) in [7, 11) is 0. The molecule has 1 unspecified atom stereocenters. The summed E-state index contributed by atoms with van der Waals surface area (Å²) in [5.74, 6) is -0.0625. The molecule has 2 heterocycles. The summed E-state index contributed by atoms with van der Waals surface area (Å²) >= 11 is 0. The minimum atomic E-state index is -0.214. The van der Waals surface area contributed by atoms with Crippen LogP contribution in [0.3, 0.4) is 0 Å². The zero-order valence-electron chi connectivity index (χ0n) is 12.5. The van der Waals surface area contributed by atoms with Crippen LogP contribution in [0.2, 0.25) is 0 Å². The van der Waals surface area contributed by atoms with Gasteiger partial charge < -0.3 is 19.9 Å². The van der Waals surface area contributed by atoms with Gasteiger partial charge in [-0.15, -0.1) is 0 Å². The number of nitrogens with two attached hydrogens (primary N) is 1. The molecule has 0 saturated carbocycles. The fourth-order valence-corrected chi connectivity index (χ4v) is 2.50. The van der Waals surface area contributed by atoms with Gasteiger partial charge in [0, 0.05) is 37.6 Å². The number of hydrogen-bond acceptors (Lipinski definition) is 4. The molecule has 0 spiro atoms. The van der Waals surface area contributed by atoms with E-state index in [0.717, 1.165) is 32.4 Å². The lowest BCUT2D eigenvalue weighted by atomic mass is 10.1. The van der Waals surface area contributed by atoms with Gasteiger partial charge in [0.2, 0.25) is 5.91 Å². The molecule has 1 saturated heterocycles. The van der Waals surface area contributed by atoms with Gasteiger partial charge in [-0.1, -0.05) is 6.92 Å². The monoisotopic (exact) mass is 293 g/mol. The number of nitrogen functional groups attached to an aromatic ring is 1. The number of hydrogen-bond donors (Lipinski definition) is 1. The zero-order chi connectivity index (χ0) is 15.2. The largest absolute Gasteiger partial charge is 0.398 e. The summed E-state index contributed by atoms with van der Waals surface area (Å²) in [6.45, 7) is 4.15. The predicted molar refractivity (Wildman–Crippen MR) is 81.0 cm³/mol. The Bertz CT molecular complexity index is 541. The minimum Gasteiger partial charge on any atom is -0.398 e. The molecular weight excluding hydrogens is 270 g/mol. The molecule has 1 fully saturated rings. The Hall–Kier alpha value is -1.82. The minimum absolute atomic E-state index is 0.0321. The molecule has 0 radical (unpaired) electrons. The second-order valence-corrected chi connectivity index (χ2v) is 5.40. The average Bonchev–Trinajstić information content (AvgIpc) is 2.49. The molecule has 0 aliphatic carbocycles. The predicted octanol–water partition coefficient (Wildman–Crippen LogP) is 0.848. The van der Waals surface area contributed by atoms with Gasteiger partial charge in [-0.25, -0.2) is 0 Å². The number of aromatic nitrogens is 1. The molecule has 2 N–H and O–H groups in total. The third-order valence-corrected chi connectivity index (χ3v) is 3.60. The summed E-state index contributed by atoms with van der Waals surface area (Å²) in [5, 5.41) is 0. The Morgan fingerprint density at radius 2 is 2.29 bits per heavy atom. The highest BCUT2D eigenvalue weighted by Crippen LogP contribution is 2.14. The summed E-state index contributed by atoms with van der Waals surface area (Å²) in [5.41, 5.74) is 5.92. The maximum Gasteiger partial charge on any atom is 0.251 e. The smallest absolute Gasteiger partial charge is 0.251 e. The van der Waals surface area contributed by atoms with E-state index in [9.17, 15) is 9.59 Å². The maximum atomic E-state index is 12.3. The third kappa shape index (κ3) is 4.32. The van der Waals surface area contributed by atoms with Gasteiger partial charge in [0.05, 0.1) is 6.10 Å². The van der Waals surface area contributed by atoms with E-state index in [1.54, 1.807) is 11.0 Å². The van der Waals surface area contributed by atoms with Crippen LogP contribution in [-0.4, -0.2) is 41.2 Å². The molecular formula is C15H23N3O3. The Balaban J connectivity index is 1.96. The SMILES string of the molecule is CCCOC1CCCN(C(=O)Cn2cc(N)ccc2=O)C1. The number of piperidine rings is 1. The fraction of sp³-hybridized carbons (Fsp3) is 0.600. The Kier molecular flexibility index (Phi) is 5.38. The van der Waals surface area contributed by atoms with Crippen LogP contribution in [0.5, 0.6) is 0 Å². The molecule has 2 rings (SSSR count). The first-order valence-electron chi connectivity index (χ1n) is 7.45. The molecule has 116 valence electrons. The summed E-state index contributed by atoms with van der Waals surface area (Å²) in [6.07, 6.45) is 4.52. The van der Waals surface area contributed by atoms with Crippen LogP contribution in [0.4, 0.5) is 5.69 Å². The standard InChI is InChI=1S/C15H23N3O3/c1-2-8-21-13-4-3-7-17(10-13)15(20)11-18-9-12(16)5-6-14(18)19/h5-6,9,13H,2-4,7-8,10-11,16H2,1H3. The van der Waals surface area contributed by atoms with Gasteiger partial charge in [-0.05, 0) is 25.3 Å². The molecule has 21 heavy (non-hydrogen) atoms. The summed E-state index contributed by atoms with van der Waals surface area (Å²) < 4.78 is 7.08. The van der Waals surface area contributed by atoms with Crippen LogP contribution in [0.15, 0.2) is 23.1 Å². The zero-order valence-corrected chi connectivity index (χ0v) is 12.5. The van der Waals surface area contributed by atoms with Crippen molar-refractivity contribution in [2.75, 3.05) is 25.4 Å². The number of ether oxygens (including phenoxy) is 1. The lowest BCUT2D eigenvalue weighted by Gasteiger charge is -2.32. The van der Waals surface area contributed by atoms with Gasteiger partial charge in [-0.2, -0.15) is 0 Å². The first-order chi connectivity index (χ1) is 10.1. The molecule has 6 heteroatoms. The average molecular weight is 293 g/mol. The van der Waals surface area contributed by atoms with Gasteiger partial charge in [0.25, 0.3) is 5.56 Å². The number of pyridine rings is 1. The van der Waals surface area contributed by atoms with Crippen molar-refractivity contribution in [3.05, 3.63) is 28.7 Å². The molecule has 1 aromatic rings. The Morgan fingerprint density at radius 1 is 1.48 bits per heavy atom. The second kappa shape index (κ2) is 7.26. The lowest BCUT2D eigenvalue weighted by molar-refractivity contribution is -0.136. The van der Waals surface area contributed by atoms with Crippen molar-refractivity contribution >= 4 is 11.6 Å². The van der Waals surface area contributed by atoms with E-state index in [0.29, 0.717) is 12.2 Å². The molecule has 1 atom stereocenters. The number of amides is 1. The highest BCUT2D eigenvalue weighted by molar-refractivity contribution is 5.76. The van der Waals surface area contributed by atoms with Gasteiger partial charge in [0.1, 0.15) is 6.54 Å². The Labute approximate surface area is 124 Å². The van der Waals surface area contributed by atoms with Crippen molar-refractivity contribution in [1.82, 2.24) is 9.47 Å². The molecule has 1 aliphatic rings. The van der Waals surface area contributed by atoms with E-state index in [4.69, 9.17) is 10.5 Å². The Morgan fingerprint density at radius 3 is 3.05 bits per heavy atom. The normalized spacial score (nSPS) is 18.7. The van der Waals surface area contributed by atoms with Crippen LogP contribution in [0.25, 0.3) is 0 Å². The molecule has 0 bridgehead atoms. The van der Waals surface area contributed by atoms with Crippen molar-refractivity contribution in [2.45, 2.75) is 38.8 Å². The van der Waals surface area contributed by atoms with Gasteiger partial charge in [-0.3, -0.25) is 9.59 Å². The number of carbonyl (C=O) groups is 1. The van der Waals surface area contributed by atoms with Crippen molar-refractivity contribution in [3.8, 4) is 0 Å². The van der Waals surface area contributed by atoms with Crippen LogP contribution in [0.1, 0.15) is 26.2 Å². The third-order valence-electron chi connectivity index (χ3n) is 3.60. The van der Waals surface area contributed by atoms with Crippen molar-refractivity contribution in [3.63, 3.8) is 0 Å². The van der Waals surface area contributed by atoms with Gasteiger partial charge in [0.15, 0.2) is 0 Å². The molecule has 6 nitrogen and oxygen atoms in total. The number of carbonyl (C=O) groups excluding carboxylic acids is 1. The van der Waals surface area contributed by atoms with Crippen LogP contribution in [0, 0.1) is 0 Å². The van der Waals surface area contributed by atoms with Crippen molar-refractivity contribution < 1.29 is 9.53 Å². The van der Waals surface area contributed by atoms with Gasteiger partial charge >= 0.3 is 0 Å². The van der Waals surface area contributed by atoms with Crippen molar-refractivity contribution in [1.29, 1.82) is 0 Å². The van der Waals surface area contributed by atoms with E-state index in [2.05, 4.69) is 6.92 Å². The molecule has 0 aromatic carbocycles. The quantitative estimate of drug-likeness (QED) is 0.873. The molecule has 1 aromatic heterocycles. The number of nitrogens with zero attached hydrogens (tertiary/aromatic N) is 2. The first-order valence-corrected chi connectivity index (χ1v) is 7.45. The van der Waals surface area contributed by atoms with Crippen molar-refractivity contribution in [2.24, 2.45) is 0 Å². The van der Waals surface area contributed by atoms with E-state index in [1.807, 2.05) is 0 Å². The molecule has 1 aliphatic heterocycles. The van der Waals surface area contributed by atoms with E-state index in [1.165, 1.54) is 16.8 Å². The summed E-state index contributed by atoms with van der Waals surface area (Å²) in [4.78, 5) is 25.8. The fourth-order valence-electron chi connectivity index (χ4n) is 2.50. The highest BCUT2D eigenvalue weighted by atomic mass is 16.5. The van der Waals surface area contributed by atoms with E-state index < -0.39 is 0 Å². The summed E-state index contributed by atoms with van der Waals surface area (Å²) in [6, 6.07) is 2.92. The highest BCUT2D eigenvalue weighted by Gasteiger charge is 2.24. The number of likely N-dealkylation sites (tertiary alicyclic amines) is 1. The second-order valence-electron chi connectivity index (χ2n) is 5.40. The topological polar surface area (TPSA) is 77.6 Å². The van der Waals surface area contributed by atoms with Crippen LogP contribution < -0.4 is 11.3 Å². The number of anilines is 1. The van der Waals surface area contributed by atoms with Crippen LogP contribution in [-0.2, 0) is 16.1 Å². The lowest BCUT2D eigenvalue weighted by Crippen LogP contribution is -2.45. The number of rotatable bonds is 5. The van der Waals surface area contributed by atoms with E-state index >= 15 is 0 Å². The van der Waals surface area contributed by atoms with E-state index in [-0.39, 0.29) is 24.1 Å². The maximum absolute atomic E-state index is 12.3. The molecule has 1 amide bonds. The van der Waals surface area contributed by atoms with Crippen LogP contribution >= 0.6 is 0 Å². The first kappa shape index (κ1) is 15.6.